The molecule has 2 N–H and O–H groups in total. The van der Waals surface area contributed by atoms with Gasteiger partial charge in [0.2, 0.25) is 11.8 Å². The molecule has 0 bridgehead atoms. The molecule has 1 saturated carbocycles. The number of piperidine rings is 1. The highest BCUT2D eigenvalue weighted by atomic mass is 16.2. The zero-order valence-corrected chi connectivity index (χ0v) is 15.8. The van der Waals surface area contributed by atoms with Gasteiger partial charge in [0.05, 0.1) is 12.1 Å². The Morgan fingerprint density at radius 3 is 2.24 bits per heavy atom. The van der Waals surface area contributed by atoms with E-state index in [0.29, 0.717) is 0 Å². The molecule has 25 heavy (non-hydrogen) atoms. The second-order valence-electron chi connectivity index (χ2n) is 7.89. The lowest BCUT2D eigenvalue weighted by atomic mass is 9.82. The minimum atomic E-state index is -0.681. The summed E-state index contributed by atoms with van der Waals surface area (Å²) >= 11 is 0. The molecule has 1 saturated heterocycles. The first-order valence-corrected chi connectivity index (χ1v) is 9.64. The van der Waals surface area contributed by atoms with E-state index in [4.69, 9.17) is 0 Å². The van der Waals surface area contributed by atoms with Gasteiger partial charge in [0.15, 0.2) is 0 Å². The first-order chi connectivity index (χ1) is 11.9. The van der Waals surface area contributed by atoms with E-state index in [1.165, 1.54) is 0 Å². The van der Waals surface area contributed by atoms with Gasteiger partial charge >= 0.3 is 0 Å². The van der Waals surface area contributed by atoms with Crippen LogP contribution in [0.3, 0.4) is 0 Å². The van der Waals surface area contributed by atoms with Crippen LogP contribution in [-0.4, -0.2) is 47.4 Å². The Kier molecular flexibility index (Phi) is 6.83. The minimum absolute atomic E-state index is 0.0395. The van der Waals surface area contributed by atoms with Crippen LogP contribution in [-0.2, 0) is 9.59 Å². The number of hydrogen-bond acceptors (Lipinski definition) is 4. The number of nitriles is 1. The van der Waals surface area contributed by atoms with Crippen molar-refractivity contribution in [3.63, 3.8) is 0 Å². The minimum Gasteiger partial charge on any atom is -0.354 e. The Balaban J connectivity index is 1.85. The molecule has 2 fully saturated rings. The molecule has 0 aromatic carbocycles. The highest BCUT2D eigenvalue weighted by Crippen LogP contribution is 2.28. The second-order valence-corrected chi connectivity index (χ2v) is 7.89. The molecular formula is C19H32N4O2. The summed E-state index contributed by atoms with van der Waals surface area (Å²) < 4.78 is 0. The van der Waals surface area contributed by atoms with Crippen molar-refractivity contribution >= 4 is 11.8 Å². The molecule has 0 radical (unpaired) electrons. The molecule has 0 spiro atoms. The highest BCUT2D eigenvalue weighted by molar-refractivity contribution is 5.82. The first kappa shape index (κ1) is 19.7. The van der Waals surface area contributed by atoms with E-state index in [0.717, 1.165) is 58.0 Å². The van der Waals surface area contributed by atoms with Crippen molar-refractivity contribution in [1.29, 1.82) is 5.26 Å². The van der Waals surface area contributed by atoms with E-state index < -0.39 is 5.54 Å². The molecule has 0 unspecified atom stereocenters. The quantitative estimate of drug-likeness (QED) is 0.795. The molecule has 6 heteroatoms. The number of rotatable bonds is 5. The van der Waals surface area contributed by atoms with E-state index in [2.05, 4.69) is 21.6 Å². The van der Waals surface area contributed by atoms with Crippen molar-refractivity contribution in [2.45, 2.75) is 83.3 Å². The molecule has 6 nitrogen and oxygen atoms in total. The predicted molar refractivity (Wildman–Crippen MR) is 96.6 cm³/mol. The highest BCUT2D eigenvalue weighted by Gasteiger charge is 2.36. The molecule has 2 rings (SSSR count). The Hall–Kier alpha value is -1.61. The van der Waals surface area contributed by atoms with Crippen LogP contribution in [0, 0.1) is 17.2 Å². The summed E-state index contributed by atoms with van der Waals surface area (Å²) in [5.41, 5.74) is -0.681. The fraction of sp³-hybridized carbons (Fsp3) is 0.842. The van der Waals surface area contributed by atoms with Crippen molar-refractivity contribution in [2.75, 3.05) is 13.1 Å². The summed E-state index contributed by atoms with van der Waals surface area (Å²) in [6, 6.07) is 2.24. The Bertz CT molecular complexity index is 512. The molecule has 1 aliphatic carbocycles. The predicted octanol–water partition coefficient (Wildman–Crippen LogP) is 1.95. The standard InChI is InChI=1S/C19H32N4O2/c1-14(2)21-18(25)16-7-11-23(12-8-16)15(3)17(24)22-19(13-20)9-5-4-6-10-19/h14-16H,4-12H2,1-3H3,(H,21,25)(H,22,24)/t15-/m1/s1. The fourth-order valence-electron chi connectivity index (χ4n) is 3.88. The SMILES string of the molecule is CC(C)NC(=O)C1CCN([C@H](C)C(=O)NC2(C#N)CCCCC2)CC1. The maximum atomic E-state index is 12.7. The van der Waals surface area contributed by atoms with Gasteiger partial charge in [-0.3, -0.25) is 14.5 Å². The Labute approximate surface area is 151 Å². The smallest absolute Gasteiger partial charge is 0.238 e. The third-order valence-corrected chi connectivity index (χ3v) is 5.54. The topological polar surface area (TPSA) is 85.2 Å². The van der Waals surface area contributed by atoms with Gasteiger partial charge in [-0.1, -0.05) is 19.3 Å². The Morgan fingerprint density at radius 1 is 1.12 bits per heavy atom. The van der Waals surface area contributed by atoms with Crippen LogP contribution in [0.15, 0.2) is 0 Å². The van der Waals surface area contributed by atoms with Crippen LogP contribution < -0.4 is 10.6 Å². The number of nitrogens with zero attached hydrogens (tertiary/aromatic N) is 2. The van der Waals surface area contributed by atoms with Crippen molar-refractivity contribution in [2.24, 2.45) is 5.92 Å². The zero-order valence-electron chi connectivity index (χ0n) is 15.8. The molecule has 140 valence electrons. The van der Waals surface area contributed by atoms with Crippen LogP contribution in [0.5, 0.6) is 0 Å². The molecule has 1 heterocycles. The van der Waals surface area contributed by atoms with Crippen LogP contribution >= 0.6 is 0 Å². The van der Waals surface area contributed by atoms with Gasteiger partial charge in [-0.05, 0) is 59.5 Å². The number of hydrogen-bond donors (Lipinski definition) is 2. The van der Waals surface area contributed by atoms with Crippen LogP contribution in [0.25, 0.3) is 0 Å². The molecule has 1 atom stereocenters. The molecule has 2 aliphatic rings. The largest absolute Gasteiger partial charge is 0.354 e. The van der Waals surface area contributed by atoms with Crippen molar-refractivity contribution in [3.05, 3.63) is 0 Å². The van der Waals surface area contributed by atoms with E-state index >= 15 is 0 Å². The summed E-state index contributed by atoms with van der Waals surface area (Å²) in [5.74, 6) is 0.101. The molecule has 0 aromatic rings. The van der Waals surface area contributed by atoms with E-state index in [-0.39, 0.29) is 29.8 Å². The molecule has 0 aromatic heterocycles. The summed E-state index contributed by atoms with van der Waals surface area (Å²) in [5, 5.41) is 15.5. The summed E-state index contributed by atoms with van der Waals surface area (Å²) in [4.78, 5) is 26.9. The van der Waals surface area contributed by atoms with Crippen molar-refractivity contribution in [3.8, 4) is 6.07 Å². The zero-order chi connectivity index (χ0) is 18.4. The third-order valence-electron chi connectivity index (χ3n) is 5.54. The van der Waals surface area contributed by atoms with E-state index in [9.17, 15) is 14.9 Å². The summed E-state index contributed by atoms with van der Waals surface area (Å²) in [6.07, 6.45) is 6.19. The number of nitrogens with one attached hydrogen (secondary N) is 2. The van der Waals surface area contributed by atoms with Crippen molar-refractivity contribution < 1.29 is 9.59 Å². The lowest BCUT2D eigenvalue weighted by molar-refractivity contribution is -0.129. The fourth-order valence-corrected chi connectivity index (χ4v) is 3.88. The van der Waals surface area contributed by atoms with Gasteiger partial charge in [0.25, 0.3) is 0 Å². The van der Waals surface area contributed by atoms with Crippen LogP contribution in [0.2, 0.25) is 0 Å². The normalized spacial score (nSPS) is 22.8. The maximum Gasteiger partial charge on any atom is 0.238 e. The number of likely N-dealkylation sites (tertiary alicyclic amines) is 1. The second kappa shape index (κ2) is 8.66. The first-order valence-electron chi connectivity index (χ1n) is 9.64. The van der Waals surface area contributed by atoms with Gasteiger partial charge in [-0.2, -0.15) is 5.26 Å². The Morgan fingerprint density at radius 2 is 1.72 bits per heavy atom. The average Bonchev–Trinajstić information content (AvgIpc) is 2.61. The van der Waals surface area contributed by atoms with Crippen molar-refractivity contribution in [1.82, 2.24) is 15.5 Å². The van der Waals surface area contributed by atoms with Gasteiger partial charge in [0.1, 0.15) is 5.54 Å². The number of carbonyl (C=O) groups is 2. The lowest BCUT2D eigenvalue weighted by Crippen LogP contribution is -2.56. The number of carbonyl (C=O) groups excluding carboxylic acids is 2. The van der Waals surface area contributed by atoms with E-state index in [1.807, 2.05) is 20.8 Å². The van der Waals surface area contributed by atoms with Gasteiger partial charge < -0.3 is 10.6 Å². The summed E-state index contributed by atoms with van der Waals surface area (Å²) in [6.45, 7) is 7.32. The van der Waals surface area contributed by atoms with Gasteiger partial charge in [0, 0.05) is 12.0 Å². The van der Waals surface area contributed by atoms with Crippen LogP contribution in [0.4, 0.5) is 0 Å². The monoisotopic (exact) mass is 348 g/mol. The lowest BCUT2D eigenvalue weighted by Gasteiger charge is -2.37. The molecule has 1 aliphatic heterocycles. The number of amides is 2. The molecule has 2 amide bonds. The van der Waals surface area contributed by atoms with Gasteiger partial charge in [-0.25, -0.2) is 0 Å². The average molecular weight is 348 g/mol. The van der Waals surface area contributed by atoms with Crippen LogP contribution in [0.1, 0.15) is 65.7 Å². The summed E-state index contributed by atoms with van der Waals surface area (Å²) in [7, 11) is 0. The van der Waals surface area contributed by atoms with Gasteiger partial charge in [-0.15, -0.1) is 0 Å². The van der Waals surface area contributed by atoms with E-state index in [1.54, 1.807) is 0 Å². The molecular weight excluding hydrogens is 316 g/mol. The maximum absolute atomic E-state index is 12.7. The third kappa shape index (κ3) is 5.18.